The van der Waals surface area contributed by atoms with Gasteiger partial charge in [-0.25, -0.2) is 9.97 Å². The highest BCUT2D eigenvalue weighted by Gasteiger charge is 2.04. The fraction of sp³-hybridized carbons (Fsp3) is 0.286. The van der Waals surface area contributed by atoms with E-state index >= 15 is 0 Å². The summed E-state index contributed by atoms with van der Waals surface area (Å²) in [5.41, 5.74) is 7.66. The maximum atomic E-state index is 5.49. The molecule has 0 aliphatic heterocycles. The molecule has 0 spiro atoms. The van der Waals surface area contributed by atoms with Crippen molar-refractivity contribution in [1.29, 1.82) is 0 Å². The first-order valence-corrected chi connectivity index (χ1v) is 7.20. The summed E-state index contributed by atoms with van der Waals surface area (Å²) in [7, 11) is 0. The van der Waals surface area contributed by atoms with E-state index in [9.17, 15) is 0 Å². The SMILES string of the molecule is Cc1nc(NCCN)cc(Nc2cc(Br)ccc2C)n1. The van der Waals surface area contributed by atoms with Crippen LogP contribution in [0.2, 0.25) is 0 Å². The van der Waals surface area contributed by atoms with Gasteiger partial charge in [0.05, 0.1) is 0 Å². The molecular weight excluding hydrogens is 318 g/mol. The van der Waals surface area contributed by atoms with Crippen molar-refractivity contribution in [3.05, 3.63) is 40.1 Å². The molecule has 6 heteroatoms. The first-order valence-electron chi connectivity index (χ1n) is 6.41. The van der Waals surface area contributed by atoms with Gasteiger partial charge in [-0.2, -0.15) is 0 Å². The van der Waals surface area contributed by atoms with Crippen LogP contribution in [0.15, 0.2) is 28.7 Å². The molecule has 0 radical (unpaired) electrons. The van der Waals surface area contributed by atoms with Crippen LogP contribution in [0.4, 0.5) is 17.3 Å². The van der Waals surface area contributed by atoms with E-state index in [1.807, 2.05) is 31.2 Å². The number of hydrogen-bond acceptors (Lipinski definition) is 5. The van der Waals surface area contributed by atoms with Gasteiger partial charge < -0.3 is 16.4 Å². The molecule has 0 atom stereocenters. The first kappa shape index (κ1) is 14.7. The Morgan fingerprint density at radius 1 is 1.15 bits per heavy atom. The molecule has 1 aromatic carbocycles. The molecule has 1 heterocycles. The number of rotatable bonds is 5. The van der Waals surface area contributed by atoms with Crippen LogP contribution in [0, 0.1) is 13.8 Å². The second-order valence-electron chi connectivity index (χ2n) is 4.49. The molecule has 20 heavy (non-hydrogen) atoms. The van der Waals surface area contributed by atoms with Crippen molar-refractivity contribution in [2.75, 3.05) is 23.7 Å². The lowest BCUT2D eigenvalue weighted by Crippen LogP contribution is -2.14. The number of nitrogens with one attached hydrogen (secondary N) is 2. The van der Waals surface area contributed by atoms with Crippen LogP contribution in [0.25, 0.3) is 0 Å². The van der Waals surface area contributed by atoms with E-state index in [1.165, 1.54) is 0 Å². The highest BCUT2D eigenvalue weighted by atomic mass is 79.9. The highest BCUT2D eigenvalue weighted by molar-refractivity contribution is 9.10. The van der Waals surface area contributed by atoms with Gasteiger partial charge in [0.15, 0.2) is 0 Å². The smallest absolute Gasteiger partial charge is 0.136 e. The predicted octanol–water partition coefficient (Wildman–Crippen LogP) is 2.97. The third-order valence-corrected chi connectivity index (χ3v) is 3.24. The van der Waals surface area contributed by atoms with E-state index in [-0.39, 0.29) is 0 Å². The van der Waals surface area contributed by atoms with Crippen molar-refractivity contribution in [3.63, 3.8) is 0 Å². The van der Waals surface area contributed by atoms with Crippen LogP contribution >= 0.6 is 15.9 Å². The summed E-state index contributed by atoms with van der Waals surface area (Å²) in [6, 6.07) is 7.97. The average molecular weight is 336 g/mol. The van der Waals surface area contributed by atoms with Gasteiger partial charge in [-0.15, -0.1) is 0 Å². The van der Waals surface area contributed by atoms with Crippen molar-refractivity contribution < 1.29 is 0 Å². The minimum atomic E-state index is 0.566. The van der Waals surface area contributed by atoms with Crippen molar-refractivity contribution in [2.45, 2.75) is 13.8 Å². The lowest BCUT2D eigenvalue weighted by atomic mass is 10.2. The number of aromatic nitrogens is 2. The second kappa shape index (κ2) is 6.67. The number of anilines is 3. The van der Waals surface area contributed by atoms with Gasteiger partial charge in [0.1, 0.15) is 17.5 Å². The summed E-state index contributed by atoms with van der Waals surface area (Å²) in [5.74, 6) is 2.25. The van der Waals surface area contributed by atoms with Gasteiger partial charge in [-0.1, -0.05) is 22.0 Å². The summed E-state index contributed by atoms with van der Waals surface area (Å²) in [6.07, 6.45) is 0. The summed E-state index contributed by atoms with van der Waals surface area (Å²) in [5, 5.41) is 6.48. The van der Waals surface area contributed by atoms with Gasteiger partial charge in [0.2, 0.25) is 0 Å². The third kappa shape index (κ3) is 3.91. The minimum absolute atomic E-state index is 0.566. The Labute approximate surface area is 127 Å². The monoisotopic (exact) mass is 335 g/mol. The van der Waals surface area contributed by atoms with E-state index in [0.717, 1.165) is 27.4 Å². The Kier molecular flexibility index (Phi) is 4.92. The minimum Gasteiger partial charge on any atom is -0.369 e. The van der Waals surface area contributed by atoms with Crippen molar-refractivity contribution in [2.24, 2.45) is 5.73 Å². The van der Waals surface area contributed by atoms with Crippen LogP contribution < -0.4 is 16.4 Å². The normalized spacial score (nSPS) is 10.4. The standard InChI is InChI=1S/C14H18BrN5/c1-9-3-4-11(15)7-12(9)20-14-8-13(17-6-5-16)18-10(2)19-14/h3-4,7-8H,5-6,16H2,1-2H3,(H2,17,18,19,20). The number of nitrogens with two attached hydrogens (primary N) is 1. The lowest BCUT2D eigenvalue weighted by Gasteiger charge is -2.12. The molecule has 0 aliphatic rings. The van der Waals surface area contributed by atoms with Gasteiger partial charge in [0, 0.05) is 29.3 Å². The number of halogens is 1. The molecule has 2 aromatic rings. The van der Waals surface area contributed by atoms with E-state index < -0.39 is 0 Å². The molecular formula is C14H18BrN5. The predicted molar refractivity (Wildman–Crippen MR) is 86.5 cm³/mol. The van der Waals surface area contributed by atoms with Crippen molar-refractivity contribution in [1.82, 2.24) is 9.97 Å². The molecule has 4 N–H and O–H groups in total. The summed E-state index contributed by atoms with van der Waals surface area (Å²) in [4.78, 5) is 8.73. The molecule has 0 aliphatic carbocycles. The van der Waals surface area contributed by atoms with Gasteiger partial charge in [0.25, 0.3) is 0 Å². The Balaban J connectivity index is 2.24. The molecule has 1 aromatic heterocycles. The number of nitrogens with zero attached hydrogens (tertiary/aromatic N) is 2. The lowest BCUT2D eigenvalue weighted by molar-refractivity contribution is 0.987. The molecule has 0 bridgehead atoms. The number of aryl methyl sites for hydroxylation is 2. The van der Waals surface area contributed by atoms with Crippen LogP contribution in [0.5, 0.6) is 0 Å². The molecule has 106 valence electrons. The van der Waals surface area contributed by atoms with Gasteiger partial charge >= 0.3 is 0 Å². The zero-order valence-corrected chi connectivity index (χ0v) is 13.2. The van der Waals surface area contributed by atoms with Crippen LogP contribution in [0.3, 0.4) is 0 Å². The molecule has 2 rings (SSSR count). The first-order chi connectivity index (χ1) is 9.58. The Bertz CT molecular complexity index is 600. The third-order valence-electron chi connectivity index (χ3n) is 2.75. The molecule has 0 unspecified atom stereocenters. The topological polar surface area (TPSA) is 75.9 Å². The maximum absolute atomic E-state index is 5.49. The average Bonchev–Trinajstić information content (AvgIpc) is 2.40. The zero-order valence-electron chi connectivity index (χ0n) is 11.6. The molecule has 0 saturated carbocycles. The van der Waals surface area contributed by atoms with E-state index in [2.05, 4.69) is 43.5 Å². The van der Waals surface area contributed by atoms with E-state index in [4.69, 9.17) is 5.73 Å². The molecule has 0 fully saturated rings. The van der Waals surface area contributed by atoms with Crippen molar-refractivity contribution >= 4 is 33.3 Å². The Morgan fingerprint density at radius 3 is 2.65 bits per heavy atom. The summed E-state index contributed by atoms with van der Waals surface area (Å²) in [6.45, 7) is 5.17. The van der Waals surface area contributed by atoms with Crippen molar-refractivity contribution in [3.8, 4) is 0 Å². The van der Waals surface area contributed by atoms with Crippen LogP contribution in [-0.2, 0) is 0 Å². The van der Waals surface area contributed by atoms with Crippen LogP contribution in [-0.4, -0.2) is 23.1 Å². The Morgan fingerprint density at radius 2 is 1.90 bits per heavy atom. The quantitative estimate of drug-likeness (QED) is 0.783. The molecule has 5 nitrogen and oxygen atoms in total. The fourth-order valence-corrected chi connectivity index (χ4v) is 2.15. The Hall–Kier alpha value is -1.66. The number of benzene rings is 1. The van der Waals surface area contributed by atoms with Crippen LogP contribution in [0.1, 0.15) is 11.4 Å². The molecule has 0 amide bonds. The van der Waals surface area contributed by atoms with Gasteiger partial charge in [-0.3, -0.25) is 0 Å². The summed E-state index contributed by atoms with van der Waals surface area (Å²) >= 11 is 3.47. The maximum Gasteiger partial charge on any atom is 0.136 e. The summed E-state index contributed by atoms with van der Waals surface area (Å²) < 4.78 is 1.03. The fourth-order valence-electron chi connectivity index (χ4n) is 1.79. The molecule has 0 saturated heterocycles. The zero-order chi connectivity index (χ0) is 14.5. The van der Waals surface area contributed by atoms with E-state index in [0.29, 0.717) is 18.9 Å². The number of hydrogen-bond donors (Lipinski definition) is 3. The highest BCUT2D eigenvalue weighted by Crippen LogP contribution is 2.24. The second-order valence-corrected chi connectivity index (χ2v) is 5.40. The largest absolute Gasteiger partial charge is 0.369 e. The van der Waals surface area contributed by atoms with Gasteiger partial charge in [-0.05, 0) is 31.5 Å². The van der Waals surface area contributed by atoms with E-state index in [1.54, 1.807) is 0 Å².